The number of imidazole rings is 1. The van der Waals surface area contributed by atoms with Gasteiger partial charge in [-0.25, -0.2) is 4.98 Å². The van der Waals surface area contributed by atoms with Gasteiger partial charge in [0.1, 0.15) is 10.4 Å². The van der Waals surface area contributed by atoms with E-state index >= 15 is 0 Å². The summed E-state index contributed by atoms with van der Waals surface area (Å²) in [4.78, 5) is 4.53. The molecule has 90 valence electrons. The van der Waals surface area contributed by atoms with Crippen molar-refractivity contribution in [1.82, 2.24) is 9.55 Å². The summed E-state index contributed by atoms with van der Waals surface area (Å²) in [7, 11) is 0. The molecule has 1 aliphatic rings. The molecule has 1 atom stereocenters. The Labute approximate surface area is 108 Å². The van der Waals surface area contributed by atoms with Crippen LogP contribution >= 0.6 is 15.9 Å². The molecule has 3 rings (SSSR count). The van der Waals surface area contributed by atoms with Crippen molar-refractivity contribution in [2.75, 3.05) is 0 Å². The van der Waals surface area contributed by atoms with Crippen LogP contribution in [0.15, 0.2) is 21.2 Å². The average Bonchev–Trinajstić information content (AvgIpc) is 2.85. The first kappa shape index (κ1) is 11.0. The highest BCUT2D eigenvalue weighted by Gasteiger charge is 2.25. The number of furan rings is 1. The third-order valence-corrected chi connectivity index (χ3v) is 3.80. The summed E-state index contributed by atoms with van der Waals surface area (Å²) < 4.78 is 8.61. The van der Waals surface area contributed by atoms with E-state index in [2.05, 4.69) is 25.5 Å². The molecule has 1 aliphatic heterocycles. The molecule has 5 heteroatoms. The lowest BCUT2D eigenvalue weighted by Gasteiger charge is -2.23. The molecule has 2 N–H and O–H groups in total. The van der Waals surface area contributed by atoms with Crippen molar-refractivity contribution in [3.8, 4) is 11.6 Å². The molecule has 0 amide bonds. The molecular weight excluding hydrogens is 282 g/mol. The van der Waals surface area contributed by atoms with Crippen LogP contribution in [0.1, 0.15) is 30.5 Å². The quantitative estimate of drug-likeness (QED) is 0.880. The van der Waals surface area contributed by atoms with E-state index in [4.69, 9.17) is 10.2 Å². The Morgan fingerprint density at radius 3 is 3.06 bits per heavy atom. The van der Waals surface area contributed by atoms with Crippen molar-refractivity contribution in [1.29, 1.82) is 0 Å². The van der Waals surface area contributed by atoms with E-state index in [1.54, 1.807) is 0 Å². The minimum absolute atomic E-state index is 0.00189. The van der Waals surface area contributed by atoms with Crippen molar-refractivity contribution in [2.24, 2.45) is 5.73 Å². The van der Waals surface area contributed by atoms with Crippen LogP contribution in [-0.4, -0.2) is 9.55 Å². The Morgan fingerprint density at radius 1 is 1.53 bits per heavy atom. The zero-order valence-electron chi connectivity index (χ0n) is 9.61. The summed E-state index contributed by atoms with van der Waals surface area (Å²) in [6, 6.07) is 3.89. The summed E-state index contributed by atoms with van der Waals surface area (Å²) in [5.41, 5.74) is 7.34. The first-order valence-corrected chi connectivity index (χ1v) is 6.55. The number of aromatic nitrogens is 2. The molecule has 0 radical (unpaired) electrons. The molecular formula is C12H14BrN3O. The van der Waals surface area contributed by atoms with Gasteiger partial charge in [0.05, 0.1) is 11.9 Å². The van der Waals surface area contributed by atoms with Crippen molar-refractivity contribution in [3.63, 3.8) is 0 Å². The summed E-state index contributed by atoms with van der Waals surface area (Å²) in [5, 5.41) is 0. The summed E-state index contributed by atoms with van der Waals surface area (Å²) in [5.74, 6) is 2.50. The second kappa shape index (κ2) is 3.99. The van der Waals surface area contributed by atoms with E-state index in [1.807, 2.05) is 19.1 Å². The van der Waals surface area contributed by atoms with Crippen LogP contribution in [0.3, 0.4) is 0 Å². The van der Waals surface area contributed by atoms with Gasteiger partial charge in [0.2, 0.25) is 0 Å². The number of nitrogens with two attached hydrogens (primary N) is 1. The lowest BCUT2D eigenvalue weighted by Crippen LogP contribution is -2.25. The van der Waals surface area contributed by atoms with Crippen LogP contribution in [0.5, 0.6) is 0 Å². The topological polar surface area (TPSA) is 57.0 Å². The molecule has 4 nitrogen and oxygen atoms in total. The van der Waals surface area contributed by atoms with Gasteiger partial charge in [0, 0.05) is 0 Å². The Morgan fingerprint density at radius 2 is 2.35 bits per heavy atom. The molecule has 3 heterocycles. The van der Waals surface area contributed by atoms with Crippen molar-refractivity contribution in [3.05, 3.63) is 28.2 Å². The van der Waals surface area contributed by atoms with Crippen LogP contribution in [0.4, 0.5) is 0 Å². The lowest BCUT2D eigenvalue weighted by molar-refractivity contribution is 0.412. The van der Waals surface area contributed by atoms with Crippen molar-refractivity contribution in [2.45, 2.75) is 32.4 Å². The molecule has 0 bridgehead atoms. The number of aryl methyl sites for hydroxylation is 1. The largest absolute Gasteiger partial charge is 0.458 e. The van der Waals surface area contributed by atoms with Crippen LogP contribution in [0.25, 0.3) is 11.6 Å². The number of halogens is 1. The second-order valence-electron chi connectivity index (χ2n) is 4.41. The first-order valence-electron chi connectivity index (χ1n) is 5.76. The van der Waals surface area contributed by atoms with E-state index in [0.29, 0.717) is 0 Å². The maximum atomic E-state index is 6.17. The molecule has 2 aromatic heterocycles. The molecule has 0 fully saturated rings. The number of hydrogen-bond donors (Lipinski definition) is 1. The third-order valence-electron chi connectivity index (χ3n) is 3.17. The fourth-order valence-corrected chi connectivity index (χ4v) is 2.91. The number of hydrogen-bond acceptors (Lipinski definition) is 3. The van der Waals surface area contributed by atoms with E-state index in [1.165, 1.54) is 5.69 Å². The minimum Gasteiger partial charge on any atom is -0.458 e. The molecule has 0 saturated carbocycles. The number of rotatable bonds is 1. The number of nitrogens with zero attached hydrogens (tertiary/aromatic N) is 2. The minimum atomic E-state index is -0.00189. The Bertz CT molecular complexity index is 558. The third kappa shape index (κ3) is 1.73. The number of fused-ring (bicyclic) bond motifs is 1. The van der Waals surface area contributed by atoms with Gasteiger partial charge in [-0.2, -0.15) is 0 Å². The van der Waals surface area contributed by atoms with Crippen LogP contribution < -0.4 is 5.73 Å². The Balaban J connectivity index is 2.18. The highest BCUT2D eigenvalue weighted by Crippen LogP contribution is 2.34. The highest BCUT2D eigenvalue weighted by molar-refractivity contribution is 9.10. The van der Waals surface area contributed by atoms with Crippen molar-refractivity contribution < 1.29 is 4.42 Å². The molecule has 1 unspecified atom stereocenters. The zero-order chi connectivity index (χ0) is 12.0. The summed E-state index contributed by atoms with van der Waals surface area (Å²) in [6.07, 6.45) is 3.11. The normalized spacial score (nSPS) is 19.4. The highest BCUT2D eigenvalue weighted by atomic mass is 79.9. The summed E-state index contributed by atoms with van der Waals surface area (Å²) >= 11 is 3.51. The molecule has 0 aliphatic carbocycles. The monoisotopic (exact) mass is 295 g/mol. The first-order chi connectivity index (χ1) is 8.16. The second-order valence-corrected chi connectivity index (χ2v) is 5.16. The fourth-order valence-electron chi connectivity index (χ4n) is 2.36. The predicted molar refractivity (Wildman–Crippen MR) is 68.5 cm³/mol. The molecule has 0 saturated heterocycles. The average molecular weight is 296 g/mol. The van der Waals surface area contributed by atoms with Crippen molar-refractivity contribution >= 4 is 15.9 Å². The Hall–Kier alpha value is -1.07. The van der Waals surface area contributed by atoms with E-state index in [-0.39, 0.29) is 6.17 Å². The van der Waals surface area contributed by atoms with E-state index in [0.717, 1.165) is 41.2 Å². The molecule has 0 spiro atoms. The van der Waals surface area contributed by atoms with Gasteiger partial charge < -0.3 is 14.7 Å². The standard InChI is InChI=1S/C12H14BrN3O/c1-7-5-6-9(17-7)12-15-11(13)8-3-2-4-10(14)16(8)12/h5-6,10H,2-4,14H2,1H3. The van der Waals surface area contributed by atoms with Gasteiger partial charge >= 0.3 is 0 Å². The molecule has 0 aromatic carbocycles. The van der Waals surface area contributed by atoms with Gasteiger partial charge in [-0.05, 0) is 54.2 Å². The molecule has 2 aromatic rings. The maximum Gasteiger partial charge on any atom is 0.178 e. The van der Waals surface area contributed by atoms with E-state index in [9.17, 15) is 0 Å². The van der Waals surface area contributed by atoms with Crippen LogP contribution in [0.2, 0.25) is 0 Å². The van der Waals surface area contributed by atoms with Gasteiger partial charge in [0.15, 0.2) is 11.6 Å². The fraction of sp³-hybridized carbons (Fsp3) is 0.417. The molecule has 17 heavy (non-hydrogen) atoms. The van der Waals surface area contributed by atoms with E-state index < -0.39 is 0 Å². The van der Waals surface area contributed by atoms with Gasteiger partial charge in [-0.1, -0.05) is 0 Å². The Kier molecular flexibility index (Phi) is 2.60. The zero-order valence-corrected chi connectivity index (χ0v) is 11.2. The maximum absolute atomic E-state index is 6.17. The predicted octanol–water partition coefficient (Wildman–Crippen LogP) is 3.01. The van der Waals surface area contributed by atoms with Gasteiger partial charge in [-0.15, -0.1) is 0 Å². The van der Waals surface area contributed by atoms with Crippen LogP contribution in [-0.2, 0) is 6.42 Å². The van der Waals surface area contributed by atoms with Crippen LogP contribution in [0, 0.1) is 6.92 Å². The lowest BCUT2D eigenvalue weighted by atomic mass is 10.1. The smallest absolute Gasteiger partial charge is 0.178 e. The van der Waals surface area contributed by atoms with Gasteiger partial charge in [0.25, 0.3) is 0 Å². The SMILES string of the molecule is Cc1ccc(-c2nc(Br)c3n2C(N)CCC3)o1. The summed E-state index contributed by atoms with van der Waals surface area (Å²) in [6.45, 7) is 1.93. The van der Waals surface area contributed by atoms with Gasteiger partial charge in [-0.3, -0.25) is 0 Å².